The van der Waals surface area contributed by atoms with Crippen molar-refractivity contribution in [3.63, 3.8) is 0 Å². The van der Waals surface area contributed by atoms with Crippen LogP contribution in [0.2, 0.25) is 0 Å². The van der Waals surface area contributed by atoms with Crippen LogP contribution in [-0.2, 0) is 12.8 Å². The van der Waals surface area contributed by atoms with Gasteiger partial charge in [0.05, 0.1) is 5.56 Å². The van der Waals surface area contributed by atoms with E-state index < -0.39 is 11.7 Å². The molecule has 0 radical (unpaired) electrons. The second-order valence-corrected chi connectivity index (χ2v) is 5.04. The molecule has 2 N–H and O–H groups in total. The van der Waals surface area contributed by atoms with Crippen molar-refractivity contribution in [2.24, 2.45) is 0 Å². The summed E-state index contributed by atoms with van der Waals surface area (Å²) in [7, 11) is 0. The van der Waals surface area contributed by atoms with E-state index in [4.69, 9.17) is 10.5 Å². The van der Waals surface area contributed by atoms with Crippen LogP contribution in [0.25, 0.3) is 0 Å². The third kappa shape index (κ3) is 3.90. The fourth-order valence-electron chi connectivity index (χ4n) is 2.21. The zero-order chi connectivity index (χ0) is 15.6. The molecule has 112 valence electrons. The van der Waals surface area contributed by atoms with Crippen LogP contribution in [-0.4, -0.2) is 0 Å². The molecule has 2 aromatic rings. The second kappa shape index (κ2) is 5.68. The fourth-order valence-corrected chi connectivity index (χ4v) is 2.21. The van der Waals surface area contributed by atoms with Gasteiger partial charge in [-0.2, -0.15) is 13.2 Å². The average Bonchev–Trinajstić information content (AvgIpc) is 2.35. The van der Waals surface area contributed by atoms with Gasteiger partial charge in [-0.25, -0.2) is 0 Å². The summed E-state index contributed by atoms with van der Waals surface area (Å²) in [4.78, 5) is 0. The standard InChI is InChI=1S/C16H16F3NO/c1-10-5-11(2)7-12(6-10)9-21-15-4-3-13(20)8-14(15)16(17,18)19/h3-8H,9,20H2,1-2H3. The van der Waals surface area contributed by atoms with E-state index in [2.05, 4.69) is 0 Å². The Morgan fingerprint density at radius 2 is 1.62 bits per heavy atom. The third-order valence-electron chi connectivity index (χ3n) is 2.98. The second-order valence-electron chi connectivity index (χ2n) is 5.04. The Kier molecular flexibility index (Phi) is 4.11. The van der Waals surface area contributed by atoms with Gasteiger partial charge in [0.25, 0.3) is 0 Å². The molecule has 21 heavy (non-hydrogen) atoms. The summed E-state index contributed by atoms with van der Waals surface area (Å²) in [6, 6.07) is 9.30. The fraction of sp³-hybridized carbons (Fsp3) is 0.250. The largest absolute Gasteiger partial charge is 0.488 e. The van der Waals surface area contributed by atoms with Gasteiger partial charge >= 0.3 is 6.18 Å². The van der Waals surface area contributed by atoms with Gasteiger partial charge in [0, 0.05) is 5.69 Å². The number of hydrogen-bond acceptors (Lipinski definition) is 2. The SMILES string of the molecule is Cc1cc(C)cc(COc2ccc(N)cc2C(F)(F)F)c1. The van der Waals surface area contributed by atoms with Crippen LogP contribution in [0.15, 0.2) is 36.4 Å². The van der Waals surface area contributed by atoms with E-state index in [0.29, 0.717) is 0 Å². The van der Waals surface area contributed by atoms with E-state index in [-0.39, 0.29) is 18.0 Å². The minimum absolute atomic E-state index is 0.0566. The molecule has 2 nitrogen and oxygen atoms in total. The predicted octanol–water partition coefficient (Wildman–Crippen LogP) is 4.48. The van der Waals surface area contributed by atoms with Gasteiger partial charge < -0.3 is 10.5 Å². The highest BCUT2D eigenvalue weighted by Crippen LogP contribution is 2.37. The first-order valence-electron chi connectivity index (χ1n) is 6.42. The van der Waals surface area contributed by atoms with Crippen molar-refractivity contribution in [1.29, 1.82) is 0 Å². The van der Waals surface area contributed by atoms with Crippen molar-refractivity contribution in [3.05, 3.63) is 58.7 Å². The lowest BCUT2D eigenvalue weighted by Gasteiger charge is -2.15. The van der Waals surface area contributed by atoms with Crippen LogP contribution < -0.4 is 10.5 Å². The Bertz CT molecular complexity index is 630. The maximum atomic E-state index is 12.9. The van der Waals surface area contributed by atoms with Gasteiger partial charge in [0.1, 0.15) is 12.4 Å². The molecule has 0 atom stereocenters. The van der Waals surface area contributed by atoms with E-state index in [0.717, 1.165) is 22.8 Å². The molecule has 5 heteroatoms. The normalized spacial score (nSPS) is 11.5. The first kappa shape index (κ1) is 15.2. The molecule has 2 aromatic carbocycles. The number of alkyl halides is 3. The van der Waals surface area contributed by atoms with Gasteiger partial charge in [-0.15, -0.1) is 0 Å². The van der Waals surface area contributed by atoms with Gasteiger partial charge in [0.2, 0.25) is 0 Å². The number of rotatable bonds is 3. The molecule has 2 rings (SSSR count). The number of anilines is 1. The van der Waals surface area contributed by atoms with E-state index in [1.807, 2.05) is 32.0 Å². The number of benzene rings is 2. The van der Waals surface area contributed by atoms with Gasteiger partial charge in [0.15, 0.2) is 0 Å². The maximum Gasteiger partial charge on any atom is 0.420 e. The zero-order valence-corrected chi connectivity index (χ0v) is 11.8. The summed E-state index contributed by atoms with van der Waals surface area (Å²) >= 11 is 0. The lowest BCUT2D eigenvalue weighted by atomic mass is 10.1. The first-order chi connectivity index (χ1) is 9.75. The van der Waals surface area contributed by atoms with E-state index in [1.165, 1.54) is 12.1 Å². The Labute approximate surface area is 121 Å². The Morgan fingerprint density at radius 3 is 2.19 bits per heavy atom. The Morgan fingerprint density at radius 1 is 1.00 bits per heavy atom. The summed E-state index contributed by atoms with van der Waals surface area (Å²) in [5, 5.41) is 0. The molecular formula is C16H16F3NO. The first-order valence-corrected chi connectivity index (χ1v) is 6.42. The average molecular weight is 295 g/mol. The van der Waals surface area contributed by atoms with E-state index in [1.54, 1.807) is 0 Å². The van der Waals surface area contributed by atoms with Crippen molar-refractivity contribution in [2.75, 3.05) is 5.73 Å². The van der Waals surface area contributed by atoms with Crippen LogP contribution in [0.1, 0.15) is 22.3 Å². The van der Waals surface area contributed by atoms with Crippen molar-refractivity contribution >= 4 is 5.69 Å². The quantitative estimate of drug-likeness (QED) is 0.847. The summed E-state index contributed by atoms with van der Waals surface area (Å²) in [5.41, 5.74) is 7.54. The highest BCUT2D eigenvalue weighted by molar-refractivity contribution is 5.49. The molecule has 0 aromatic heterocycles. The molecule has 0 spiro atoms. The van der Waals surface area contributed by atoms with Gasteiger partial charge in [-0.05, 0) is 37.6 Å². The molecule has 0 fully saturated rings. The molecule has 0 heterocycles. The Balaban J connectivity index is 2.24. The number of nitrogens with two attached hydrogens (primary N) is 1. The molecule has 0 aliphatic heterocycles. The summed E-state index contributed by atoms with van der Waals surface area (Å²) in [6.45, 7) is 3.94. The van der Waals surface area contributed by atoms with E-state index in [9.17, 15) is 13.2 Å². The van der Waals surface area contributed by atoms with Crippen molar-refractivity contribution in [1.82, 2.24) is 0 Å². The van der Waals surface area contributed by atoms with Crippen LogP contribution in [0.4, 0.5) is 18.9 Å². The third-order valence-corrected chi connectivity index (χ3v) is 2.98. The van der Waals surface area contributed by atoms with Crippen LogP contribution in [0, 0.1) is 13.8 Å². The van der Waals surface area contributed by atoms with Crippen molar-refractivity contribution < 1.29 is 17.9 Å². The number of aryl methyl sites for hydroxylation is 2. The minimum atomic E-state index is -4.49. The number of ether oxygens (including phenoxy) is 1. The maximum absolute atomic E-state index is 12.9. The molecule has 0 aliphatic rings. The lowest BCUT2D eigenvalue weighted by Crippen LogP contribution is -2.09. The topological polar surface area (TPSA) is 35.2 Å². The molecule has 0 saturated heterocycles. The zero-order valence-electron chi connectivity index (χ0n) is 11.8. The molecule has 0 saturated carbocycles. The monoisotopic (exact) mass is 295 g/mol. The smallest absolute Gasteiger partial charge is 0.420 e. The predicted molar refractivity (Wildman–Crippen MR) is 76.1 cm³/mol. The van der Waals surface area contributed by atoms with Crippen molar-refractivity contribution in [2.45, 2.75) is 26.6 Å². The number of halogens is 3. The van der Waals surface area contributed by atoms with Gasteiger partial charge in [-0.1, -0.05) is 29.3 Å². The van der Waals surface area contributed by atoms with Crippen LogP contribution in [0.5, 0.6) is 5.75 Å². The molecule has 0 aliphatic carbocycles. The summed E-state index contributed by atoms with van der Waals surface area (Å²) in [5.74, 6) is -0.212. The molecule has 0 amide bonds. The highest BCUT2D eigenvalue weighted by Gasteiger charge is 2.34. The minimum Gasteiger partial charge on any atom is -0.488 e. The van der Waals surface area contributed by atoms with E-state index >= 15 is 0 Å². The molecule has 0 unspecified atom stereocenters. The molecular weight excluding hydrogens is 279 g/mol. The van der Waals surface area contributed by atoms with Crippen LogP contribution in [0.3, 0.4) is 0 Å². The summed E-state index contributed by atoms with van der Waals surface area (Å²) < 4.78 is 44.2. The number of nitrogen functional groups attached to an aromatic ring is 1. The number of hydrogen-bond donors (Lipinski definition) is 1. The van der Waals surface area contributed by atoms with Crippen molar-refractivity contribution in [3.8, 4) is 5.75 Å². The lowest BCUT2D eigenvalue weighted by molar-refractivity contribution is -0.139. The molecule has 0 bridgehead atoms. The van der Waals surface area contributed by atoms with Crippen LogP contribution >= 0.6 is 0 Å². The Hall–Kier alpha value is -2.17. The highest BCUT2D eigenvalue weighted by atomic mass is 19.4. The summed E-state index contributed by atoms with van der Waals surface area (Å²) in [6.07, 6.45) is -4.49. The van der Waals surface area contributed by atoms with Gasteiger partial charge in [-0.3, -0.25) is 0 Å².